The van der Waals surface area contributed by atoms with Gasteiger partial charge in [-0.2, -0.15) is 0 Å². The lowest BCUT2D eigenvalue weighted by molar-refractivity contribution is 0.515. The first kappa shape index (κ1) is 19.8. The summed E-state index contributed by atoms with van der Waals surface area (Å²) in [5, 5.41) is 9.79. The molecule has 0 aliphatic heterocycles. The van der Waals surface area contributed by atoms with Crippen molar-refractivity contribution in [3.63, 3.8) is 0 Å². The van der Waals surface area contributed by atoms with Crippen molar-refractivity contribution in [1.82, 2.24) is 4.98 Å². The number of rotatable bonds is 3. The van der Waals surface area contributed by atoms with Crippen LogP contribution in [0.5, 0.6) is 0 Å². The Morgan fingerprint density at radius 1 is 1.15 bits per heavy atom. The average Bonchev–Trinajstić information content (AvgIpc) is 2.60. The Morgan fingerprint density at radius 2 is 1.85 bits per heavy atom. The van der Waals surface area contributed by atoms with E-state index >= 15 is 0 Å². The molecule has 0 aliphatic rings. The molecule has 3 rings (SSSR count). The first-order valence-electron chi connectivity index (χ1n) is 8.39. The number of hydrogen-bond donors (Lipinski definition) is 1. The van der Waals surface area contributed by atoms with Gasteiger partial charge in [-0.1, -0.05) is 38.4 Å². The lowest BCUT2D eigenvalue weighted by Gasteiger charge is -2.22. The molecule has 6 heteroatoms. The van der Waals surface area contributed by atoms with Crippen LogP contribution in [0.4, 0.5) is 8.78 Å². The fourth-order valence-electron chi connectivity index (χ4n) is 2.74. The summed E-state index contributed by atoms with van der Waals surface area (Å²) in [4.78, 5) is 4.98. The monoisotopic (exact) mass is 404 g/mol. The molecule has 0 spiro atoms. The number of fused-ring (bicyclic) bond motifs is 1. The quantitative estimate of drug-likeness (QED) is 0.385. The van der Waals surface area contributed by atoms with Crippen molar-refractivity contribution in [2.24, 2.45) is 0 Å². The summed E-state index contributed by atoms with van der Waals surface area (Å²) in [7, 11) is 0. The number of nitrogens with one attached hydrogen (secondary N) is 1. The van der Waals surface area contributed by atoms with Crippen molar-refractivity contribution in [3.05, 3.63) is 69.9 Å². The molecule has 2 aromatic carbocycles. The predicted octanol–water partition coefficient (Wildman–Crippen LogP) is 6.78. The Morgan fingerprint density at radius 3 is 2.52 bits per heavy atom. The molecule has 0 amide bonds. The number of hydrogen-bond acceptors (Lipinski definition) is 3. The highest BCUT2D eigenvalue weighted by molar-refractivity contribution is 8.00. The molecule has 0 aliphatic carbocycles. The summed E-state index contributed by atoms with van der Waals surface area (Å²) in [6, 6.07) is 7.79. The van der Waals surface area contributed by atoms with Gasteiger partial charge in [0, 0.05) is 37.4 Å². The van der Waals surface area contributed by atoms with E-state index < -0.39 is 11.6 Å². The average molecular weight is 405 g/mol. The highest BCUT2D eigenvalue weighted by Gasteiger charge is 2.21. The Bertz CT molecular complexity index is 1060. The number of nitrogens with zero attached hydrogens (tertiary/aromatic N) is 1. The third kappa shape index (κ3) is 3.99. The second-order valence-corrected chi connectivity index (χ2v) is 9.54. The second kappa shape index (κ2) is 7.21. The maximum atomic E-state index is 13.9. The molecular formula is C21H19ClF2N2S. The van der Waals surface area contributed by atoms with Gasteiger partial charge in [-0.05, 0) is 36.8 Å². The smallest absolute Gasteiger partial charge is 0.184 e. The third-order valence-electron chi connectivity index (χ3n) is 4.05. The van der Waals surface area contributed by atoms with Crippen LogP contribution in [0.15, 0.2) is 41.4 Å². The lowest BCUT2D eigenvalue weighted by atomic mass is 10.0. The zero-order chi connectivity index (χ0) is 19.9. The molecule has 0 radical (unpaired) electrons. The van der Waals surface area contributed by atoms with Crippen molar-refractivity contribution in [1.29, 1.82) is 5.41 Å². The summed E-state index contributed by atoms with van der Waals surface area (Å²) >= 11 is 7.95. The van der Waals surface area contributed by atoms with Gasteiger partial charge in [0.1, 0.15) is 5.52 Å². The van der Waals surface area contributed by atoms with E-state index in [1.165, 1.54) is 12.3 Å². The van der Waals surface area contributed by atoms with Crippen molar-refractivity contribution in [2.75, 3.05) is 0 Å². The van der Waals surface area contributed by atoms with E-state index in [1.54, 1.807) is 23.9 Å². The van der Waals surface area contributed by atoms with Crippen LogP contribution in [0.25, 0.3) is 10.9 Å². The van der Waals surface area contributed by atoms with Gasteiger partial charge in [0.05, 0.1) is 5.71 Å². The van der Waals surface area contributed by atoms with E-state index in [9.17, 15) is 8.78 Å². The maximum Gasteiger partial charge on any atom is 0.184 e. The molecule has 0 unspecified atom stereocenters. The van der Waals surface area contributed by atoms with Crippen molar-refractivity contribution in [3.8, 4) is 0 Å². The van der Waals surface area contributed by atoms with Crippen LogP contribution >= 0.6 is 23.4 Å². The Balaban J connectivity index is 2.12. The van der Waals surface area contributed by atoms with E-state index in [4.69, 9.17) is 17.0 Å². The van der Waals surface area contributed by atoms with Crippen LogP contribution in [-0.2, 0) is 0 Å². The standard InChI is InChI=1S/C21H19ClF2N2S/c1-11-15(22)7-6-14(20(11)27-21(2,3)4)18(25)13-9-12-5-8-16(23)17(24)19(12)26-10-13/h5-10,25H,1-4H3. The third-order valence-corrected chi connectivity index (χ3v) is 5.80. The number of aromatic nitrogens is 1. The van der Waals surface area contributed by atoms with Crippen LogP contribution in [0.2, 0.25) is 5.02 Å². The molecule has 140 valence electrons. The first-order chi connectivity index (χ1) is 12.6. The highest BCUT2D eigenvalue weighted by Crippen LogP contribution is 2.39. The molecule has 27 heavy (non-hydrogen) atoms. The van der Waals surface area contributed by atoms with E-state index in [0.29, 0.717) is 16.0 Å². The Labute approximate surface area is 166 Å². The van der Waals surface area contributed by atoms with Crippen LogP contribution in [0, 0.1) is 24.0 Å². The van der Waals surface area contributed by atoms with Crippen LogP contribution in [0.3, 0.4) is 0 Å². The number of thioether (sulfide) groups is 1. The van der Waals surface area contributed by atoms with E-state index in [-0.39, 0.29) is 16.0 Å². The summed E-state index contributed by atoms with van der Waals surface area (Å²) in [5.41, 5.74) is 2.41. The van der Waals surface area contributed by atoms with E-state index in [2.05, 4.69) is 25.8 Å². The van der Waals surface area contributed by atoms with Gasteiger partial charge in [0.2, 0.25) is 0 Å². The van der Waals surface area contributed by atoms with Gasteiger partial charge < -0.3 is 0 Å². The molecule has 1 heterocycles. The van der Waals surface area contributed by atoms with Crippen molar-refractivity contribution in [2.45, 2.75) is 37.3 Å². The Hall–Kier alpha value is -1.98. The number of pyridine rings is 1. The zero-order valence-corrected chi connectivity index (χ0v) is 17.0. The van der Waals surface area contributed by atoms with E-state index in [1.807, 2.05) is 13.0 Å². The fourth-order valence-corrected chi connectivity index (χ4v) is 4.10. The number of halogens is 3. The molecular weight excluding hydrogens is 386 g/mol. The molecule has 0 bridgehead atoms. The minimum absolute atomic E-state index is 0.0388. The fraction of sp³-hybridized carbons (Fsp3) is 0.238. The minimum atomic E-state index is -0.975. The maximum absolute atomic E-state index is 13.9. The number of benzene rings is 2. The minimum Gasteiger partial charge on any atom is -0.300 e. The molecule has 0 saturated heterocycles. The molecule has 3 aromatic rings. The van der Waals surface area contributed by atoms with Gasteiger partial charge in [-0.25, -0.2) is 8.78 Å². The normalized spacial score (nSPS) is 11.8. The summed E-state index contributed by atoms with van der Waals surface area (Å²) in [5.74, 6) is -1.91. The molecule has 1 aromatic heterocycles. The topological polar surface area (TPSA) is 36.7 Å². The molecule has 1 N–H and O–H groups in total. The summed E-state index contributed by atoms with van der Waals surface area (Å²) in [6.07, 6.45) is 1.41. The van der Waals surface area contributed by atoms with E-state index in [0.717, 1.165) is 22.1 Å². The van der Waals surface area contributed by atoms with Crippen LogP contribution in [-0.4, -0.2) is 15.4 Å². The van der Waals surface area contributed by atoms with Gasteiger partial charge in [0.25, 0.3) is 0 Å². The summed E-state index contributed by atoms with van der Waals surface area (Å²) in [6.45, 7) is 8.23. The van der Waals surface area contributed by atoms with Gasteiger partial charge >= 0.3 is 0 Å². The molecule has 0 saturated carbocycles. The SMILES string of the molecule is Cc1c(Cl)ccc(C(=N)c2cnc3c(F)c(F)ccc3c2)c1SC(C)(C)C. The van der Waals surface area contributed by atoms with Gasteiger partial charge in [-0.3, -0.25) is 10.4 Å². The van der Waals surface area contributed by atoms with Crippen LogP contribution in [0.1, 0.15) is 37.5 Å². The largest absolute Gasteiger partial charge is 0.300 e. The lowest BCUT2D eigenvalue weighted by Crippen LogP contribution is -2.11. The van der Waals surface area contributed by atoms with Gasteiger partial charge in [0.15, 0.2) is 11.6 Å². The van der Waals surface area contributed by atoms with Crippen LogP contribution < -0.4 is 0 Å². The van der Waals surface area contributed by atoms with Crippen molar-refractivity contribution >= 4 is 40.0 Å². The predicted molar refractivity (Wildman–Crippen MR) is 109 cm³/mol. The molecule has 0 atom stereocenters. The molecule has 0 fully saturated rings. The summed E-state index contributed by atoms with van der Waals surface area (Å²) < 4.78 is 27.2. The zero-order valence-electron chi connectivity index (χ0n) is 15.5. The first-order valence-corrected chi connectivity index (χ1v) is 9.59. The Kier molecular flexibility index (Phi) is 5.28. The second-order valence-electron chi connectivity index (χ2n) is 7.30. The highest BCUT2D eigenvalue weighted by atomic mass is 35.5. The van der Waals surface area contributed by atoms with Crippen molar-refractivity contribution < 1.29 is 8.78 Å². The van der Waals surface area contributed by atoms with Gasteiger partial charge in [-0.15, -0.1) is 11.8 Å². The molecule has 2 nitrogen and oxygen atoms in total.